The van der Waals surface area contributed by atoms with Gasteiger partial charge in [-0.1, -0.05) is 30.3 Å². The van der Waals surface area contributed by atoms with Crippen LogP contribution in [0.4, 0.5) is 10.1 Å². The van der Waals surface area contributed by atoms with Gasteiger partial charge in [0, 0.05) is 31.4 Å². The van der Waals surface area contributed by atoms with E-state index < -0.39 is 0 Å². The van der Waals surface area contributed by atoms with E-state index >= 15 is 0 Å². The first kappa shape index (κ1) is 19.4. The van der Waals surface area contributed by atoms with E-state index in [1.807, 2.05) is 41.3 Å². The summed E-state index contributed by atoms with van der Waals surface area (Å²) < 4.78 is 18.7. The summed E-state index contributed by atoms with van der Waals surface area (Å²) in [6.45, 7) is 2.72. The molecule has 5 heteroatoms. The Labute approximate surface area is 170 Å². The molecule has 4 nitrogen and oxygen atoms in total. The fraction of sp³-hybridized carbons (Fsp3) is 0.292. The van der Waals surface area contributed by atoms with Gasteiger partial charge in [-0.3, -0.25) is 4.79 Å². The highest BCUT2D eigenvalue weighted by Crippen LogP contribution is 2.26. The minimum atomic E-state index is -0.184. The largest absolute Gasteiger partial charge is 0.459 e. The Balaban J connectivity index is 1.41. The average Bonchev–Trinajstić information content (AvgIpc) is 3.29. The van der Waals surface area contributed by atoms with Crippen LogP contribution in [0.1, 0.15) is 29.0 Å². The fourth-order valence-corrected chi connectivity index (χ4v) is 3.98. The van der Waals surface area contributed by atoms with Gasteiger partial charge in [0.25, 0.3) is 5.91 Å². The number of carbonyl (C=O) groups is 1. The van der Waals surface area contributed by atoms with Gasteiger partial charge in [0.1, 0.15) is 5.82 Å². The Hall–Kier alpha value is -2.92. The molecule has 1 saturated heterocycles. The molecule has 0 unspecified atom stereocenters. The molecule has 0 bridgehead atoms. The lowest BCUT2D eigenvalue weighted by Crippen LogP contribution is -2.48. The lowest BCUT2D eigenvalue weighted by Gasteiger charge is -2.38. The number of benzene rings is 2. The zero-order valence-electron chi connectivity index (χ0n) is 16.3. The second-order valence-corrected chi connectivity index (χ2v) is 7.44. The van der Waals surface area contributed by atoms with Crippen LogP contribution in [0, 0.1) is 5.82 Å². The highest BCUT2D eigenvalue weighted by Gasteiger charge is 2.30. The van der Waals surface area contributed by atoms with E-state index in [9.17, 15) is 9.18 Å². The van der Waals surface area contributed by atoms with Crippen molar-refractivity contribution in [1.82, 2.24) is 4.90 Å². The number of likely N-dealkylation sites (tertiary alicyclic amines) is 1. The Morgan fingerprint density at radius 1 is 1.03 bits per heavy atom. The van der Waals surface area contributed by atoms with Crippen molar-refractivity contribution in [2.24, 2.45) is 0 Å². The molecule has 1 fully saturated rings. The number of hydrogen-bond donors (Lipinski definition) is 0. The van der Waals surface area contributed by atoms with Crippen LogP contribution in [0.2, 0.25) is 0 Å². The monoisotopic (exact) mass is 391 g/mol. The van der Waals surface area contributed by atoms with Crippen molar-refractivity contribution >= 4 is 11.6 Å². The molecule has 3 aromatic rings. The predicted molar refractivity (Wildman–Crippen MR) is 112 cm³/mol. The van der Waals surface area contributed by atoms with Gasteiger partial charge in [0.15, 0.2) is 5.76 Å². The van der Waals surface area contributed by atoms with Gasteiger partial charge in [-0.2, -0.15) is 0 Å². The number of nitrogens with zero attached hydrogens (tertiary/aromatic N) is 2. The second-order valence-electron chi connectivity index (χ2n) is 7.44. The minimum absolute atomic E-state index is 0.0978. The molecule has 1 aromatic heterocycles. The molecule has 0 N–H and O–H groups in total. The summed E-state index contributed by atoms with van der Waals surface area (Å²) >= 11 is 0. The smallest absolute Gasteiger partial charge is 0.294 e. The quantitative estimate of drug-likeness (QED) is 0.607. The van der Waals surface area contributed by atoms with Gasteiger partial charge in [0.2, 0.25) is 0 Å². The summed E-state index contributed by atoms with van der Waals surface area (Å²) in [4.78, 5) is 17.4. The number of rotatable bonds is 6. The van der Waals surface area contributed by atoms with Crippen LogP contribution in [0.3, 0.4) is 0 Å². The molecule has 0 spiro atoms. The van der Waals surface area contributed by atoms with Gasteiger partial charge >= 0.3 is 0 Å². The van der Waals surface area contributed by atoms with Gasteiger partial charge in [-0.25, -0.2) is 4.39 Å². The summed E-state index contributed by atoms with van der Waals surface area (Å²) in [5.74, 6) is 0.0814. The number of para-hydroxylation sites is 1. The van der Waals surface area contributed by atoms with Crippen molar-refractivity contribution in [2.75, 3.05) is 24.5 Å². The van der Waals surface area contributed by atoms with E-state index in [4.69, 9.17) is 4.42 Å². The summed E-state index contributed by atoms with van der Waals surface area (Å²) in [5.41, 5.74) is 1.91. The third-order valence-electron chi connectivity index (χ3n) is 5.51. The van der Waals surface area contributed by atoms with Gasteiger partial charge in [0.05, 0.1) is 6.26 Å². The molecule has 1 aliphatic heterocycles. The predicted octanol–water partition coefficient (Wildman–Crippen LogP) is 4.77. The maximum absolute atomic E-state index is 13.4. The first-order valence-corrected chi connectivity index (χ1v) is 10.1. The number of amides is 1. The minimum Gasteiger partial charge on any atom is -0.459 e. The summed E-state index contributed by atoms with van der Waals surface area (Å²) in [6.07, 6.45) is 4.15. The van der Waals surface area contributed by atoms with Crippen LogP contribution in [-0.4, -0.2) is 36.5 Å². The van der Waals surface area contributed by atoms with Crippen molar-refractivity contribution in [1.29, 1.82) is 0 Å². The Bertz CT molecular complexity index is 919. The van der Waals surface area contributed by atoms with Crippen LogP contribution in [0.15, 0.2) is 77.4 Å². The van der Waals surface area contributed by atoms with Crippen LogP contribution in [0.25, 0.3) is 0 Å². The Morgan fingerprint density at radius 2 is 1.83 bits per heavy atom. The average molecular weight is 391 g/mol. The first-order valence-electron chi connectivity index (χ1n) is 10.1. The second kappa shape index (κ2) is 9.05. The van der Waals surface area contributed by atoms with Crippen molar-refractivity contribution < 1.29 is 13.6 Å². The summed E-state index contributed by atoms with van der Waals surface area (Å²) in [7, 11) is 0. The van der Waals surface area contributed by atoms with E-state index in [-0.39, 0.29) is 17.8 Å². The van der Waals surface area contributed by atoms with Crippen molar-refractivity contribution in [3.8, 4) is 0 Å². The normalized spacial score (nSPS) is 15.3. The lowest BCUT2D eigenvalue weighted by atomic mass is 10.0. The van der Waals surface area contributed by atoms with Crippen molar-refractivity contribution in [3.05, 3.63) is 90.1 Å². The van der Waals surface area contributed by atoms with E-state index in [0.29, 0.717) is 5.76 Å². The highest BCUT2D eigenvalue weighted by atomic mass is 18.2. The van der Waals surface area contributed by atoms with E-state index in [1.165, 1.54) is 12.3 Å². The van der Waals surface area contributed by atoms with E-state index in [0.717, 1.165) is 50.1 Å². The van der Waals surface area contributed by atoms with E-state index in [2.05, 4.69) is 4.90 Å². The number of furan rings is 1. The molecule has 29 heavy (non-hydrogen) atoms. The maximum Gasteiger partial charge on any atom is 0.294 e. The van der Waals surface area contributed by atoms with Crippen molar-refractivity contribution in [2.45, 2.75) is 25.3 Å². The fourth-order valence-electron chi connectivity index (χ4n) is 3.98. The topological polar surface area (TPSA) is 36.7 Å². The molecule has 0 radical (unpaired) electrons. The lowest BCUT2D eigenvalue weighted by molar-refractivity contribution is 0.0933. The zero-order valence-corrected chi connectivity index (χ0v) is 16.3. The molecule has 1 aliphatic rings. The number of halogens is 1. The first-order chi connectivity index (χ1) is 14.2. The molecule has 0 saturated carbocycles. The molecular formula is C24H25FN2O2. The van der Waals surface area contributed by atoms with Crippen LogP contribution in [0.5, 0.6) is 0 Å². The number of carbonyl (C=O) groups excluding carboxylic acids is 1. The van der Waals surface area contributed by atoms with Crippen molar-refractivity contribution in [3.63, 3.8) is 0 Å². The number of piperidine rings is 1. The molecule has 0 atom stereocenters. The SMILES string of the molecule is O=C(c1ccco1)N(c1ccccc1)C1CCN(CCc2cccc([18F])c2)CC1. The Morgan fingerprint density at radius 3 is 2.52 bits per heavy atom. The van der Waals surface area contributed by atoms with Gasteiger partial charge in [-0.05, 0) is 61.2 Å². The highest BCUT2D eigenvalue weighted by molar-refractivity contribution is 6.04. The maximum atomic E-state index is 13.4. The zero-order chi connectivity index (χ0) is 20.1. The van der Waals surface area contributed by atoms with E-state index in [1.54, 1.807) is 24.3 Å². The van der Waals surface area contributed by atoms with Crippen LogP contribution >= 0.6 is 0 Å². The number of hydrogen-bond acceptors (Lipinski definition) is 3. The van der Waals surface area contributed by atoms with Gasteiger partial charge < -0.3 is 14.2 Å². The molecule has 0 aliphatic carbocycles. The molecule has 2 aromatic carbocycles. The molecule has 1 amide bonds. The molecular weight excluding hydrogens is 366 g/mol. The van der Waals surface area contributed by atoms with Crippen LogP contribution < -0.4 is 4.90 Å². The third kappa shape index (κ3) is 4.74. The Kier molecular flexibility index (Phi) is 6.06. The summed E-state index contributed by atoms with van der Waals surface area (Å²) in [6, 6.07) is 20.2. The summed E-state index contributed by atoms with van der Waals surface area (Å²) in [5, 5.41) is 0. The molecule has 150 valence electrons. The molecule has 4 rings (SSSR count). The molecule has 2 heterocycles. The van der Waals surface area contributed by atoms with Gasteiger partial charge in [-0.15, -0.1) is 0 Å². The third-order valence-corrected chi connectivity index (χ3v) is 5.51. The standard InChI is InChI=1S/C24H25FN2O2/c25-20-7-4-6-19(18-20)11-14-26-15-12-22(13-16-26)27(21-8-2-1-3-9-21)24(28)23-10-5-17-29-23/h1-10,17-18,22H,11-16H2/i25-1. The van der Waals surface area contributed by atoms with Crippen LogP contribution in [-0.2, 0) is 6.42 Å². The number of anilines is 1.